The van der Waals surface area contributed by atoms with Crippen LogP contribution in [-0.2, 0) is 4.74 Å². The second-order valence-corrected chi connectivity index (χ2v) is 5.96. The number of hydrogen-bond donors (Lipinski definition) is 0. The van der Waals surface area contributed by atoms with Gasteiger partial charge in [-0.05, 0) is 46.2 Å². The smallest absolute Gasteiger partial charge is 0.229 e. The molecule has 3 heterocycles. The zero-order valence-electron chi connectivity index (χ0n) is 11.8. The molecule has 1 aromatic rings. The first kappa shape index (κ1) is 13.1. The highest BCUT2D eigenvalue weighted by Crippen LogP contribution is 2.30. The summed E-state index contributed by atoms with van der Waals surface area (Å²) in [5.74, 6) is 2.47. The van der Waals surface area contributed by atoms with Crippen LogP contribution in [0.5, 0.6) is 0 Å². The van der Waals surface area contributed by atoms with Crippen LogP contribution in [0.2, 0.25) is 0 Å². The molecule has 19 heavy (non-hydrogen) atoms. The molecule has 2 aliphatic heterocycles. The van der Waals surface area contributed by atoms with Gasteiger partial charge in [0.25, 0.3) is 0 Å². The minimum absolute atomic E-state index is 0.341. The van der Waals surface area contributed by atoms with E-state index >= 15 is 0 Å². The van der Waals surface area contributed by atoms with Gasteiger partial charge < -0.3 is 14.2 Å². The molecule has 0 radical (unpaired) electrons. The van der Waals surface area contributed by atoms with Gasteiger partial charge in [-0.1, -0.05) is 5.16 Å². The minimum atomic E-state index is 0.341. The Morgan fingerprint density at radius 1 is 1.16 bits per heavy atom. The van der Waals surface area contributed by atoms with Crippen LogP contribution in [0.15, 0.2) is 4.52 Å². The molecule has 0 bridgehead atoms. The summed E-state index contributed by atoms with van der Waals surface area (Å²) in [4.78, 5) is 7.12. The number of hydrogen-bond acceptors (Lipinski definition) is 5. The number of likely N-dealkylation sites (tertiary alicyclic amines) is 1. The number of ether oxygens (including phenoxy) is 1. The average Bonchev–Trinajstić information content (AvgIpc) is 3.10. The van der Waals surface area contributed by atoms with E-state index in [1.807, 2.05) is 0 Å². The Kier molecular flexibility index (Phi) is 3.84. The first-order valence-corrected chi connectivity index (χ1v) is 7.39. The average molecular weight is 265 g/mol. The third kappa shape index (κ3) is 2.82. The molecular formula is C14H23N3O2. The molecule has 0 aliphatic carbocycles. The summed E-state index contributed by atoms with van der Waals surface area (Å²) < 4.78 is 10.9. The van der Waals surface area contributed by atoms with Crippen molar-refractivity contribution in [2.24, 2.45) is 0 Å². The molecule has 0 aromatic carbocycles. The molecule has 0 amide bonds. The van der Waals surface area contributed by atoms with Crippen molar-refractivity contribution in [3.63, 3.8) is 0 Å². The van der Waals surface area contributed by atoms with Crippen molar-refractivity contribution in [1.82, 2.24) is 15.0 Å². The van der Waals surface area contributed by atoms with Gasteiger partial charge in [0.05, 0.1) is 6.61 Å². The minimum Gasteiger partial charge on any atom is -0.381 e. The Morgan fingerprint density at radius 2 is 1.95 bits per heavy atom. The highest BCUT2D eigenvalue weighted by Gasteiger charge is 2.28. The zero-order chi connectivity index (χ0) is 13.2. The predicted octanol–water partition coefficient (Wildman–Crippen LogP) is 2.16. The summed E-state index contributed by atoms with van der Waals surface area (Å²) in [5.41, 5.74) is 0. The van der Waals surface area contributed by atoms with Crippen LogP contribution in [0.1, 0.15) is 56.7 Å². The van der Waals surface area contributed by atoms with E-state index < -0.39 is 0 Å². The van der Waals surface area contributed by atoms with Crippen LogP contribution in [0.4, 0.5) is 0 Å². The maximum atomic E-state index is 5.48. The van der Waals surface area contributed by atoms with Gasteiger partial charge in [0.2, 0.25) is 5.89 Å². The lowest BCUT2D eigenvalue weighted by Gasteiger charge is -2.33. The van der Waals surface area contributed by atoms with Crippen LogP contribution in [0.25, 0.3) is 0 Å². The van der Waals surface area contributed by atoms with Crippen LogP contribution in [0.3, 0.4) is 0 Å². The summed E-state index contributed by atoms with van der Waals surface area (Å²) >= 11 is 0. The highest BCUT2D eigenvalue weighted by atomic mass is 16.5. The Morgan fingerprint density at radius 3 is 2.58 bits per heavy atom. The monoisotopic (exact) mass is 265 g/mol. The number of nitrogens with zero attached hydrogens (tertiary/aromatic N) is 3. The van der Waals surface area contributed by atoms with E-state index in [0.29, 0.717) is 17.9 Å². The van der Waals surface area contributed by atoms with Crippen molar-refractivity contribution in [2.75, 3.05) is 26.3 Å². The molecule has 0 spiro atoms. The van der Waals surface area contributed by atoms with Gasteiger partial charge in [-0.3, -0.25) is 0 Å². The molecule has 2 aliphatic rings. The lowest BCUT2D eigenvalue weighted by atomic mass is 9.96. The van der Waals surface area contributed by atoms with Crippen LogP contribution in [-0.4, -0.2) is 47.4 Å². The zero-order valence-corrected chi connectivity index (χ0v) is 11.8. The molecule has 5 heteroatoms. The van der Waals surface area contributed by atoms with E-state index in [4.69, 9.17) is 9.26 Å². The molecule has 5 nitrogen and oxygen atoms in total. The summed E-state index contributed by atoms with van der Waals surface area (Å²) in [5, 5.41) is 4.15. The van der Waals surface area contributed by atoms with E-state index in [2.05, 4.69) is 28.9 Å². The van der Waals surface area contributed by atoms with E-state index in [9.17, 15) is 0 Å². The standard InChI is InChI=1S/C14H23N3O2/c1-10(2)17-6-3-11(4-7-17)14-15-13(16-19-14)12-5-8-18-9-12/h10-12H,3-9H2,1-2H3. The van der Waals surface area contributed by atoms with Crippen LogP contribution in [0, 0.1) is 0 Å². The summed E-state index contributed by atoms with van der Waals surface area (Å²) in [6.07, 6.45) is 3.27. The molecule has 1 atom stereocenters. The van der Waals surface area contributed by atoms with Crippen molar-refractivity contribution in [3.05, 3.63) is 11.7 Å². The molecule has 106 valence electrons. The lowest BCUT2D eigenvalue weighted by molar-refractivity contribution is 0.159. The van der Waals surface area contributed by atoms with E-state index in [1.165, 1.54) is 0 Å². The number of aromatic nitrogens is 2. The van der Waals surface area contributed by atoms with Crippen molar-refractivity contribution in [2.45, 2.75) is 51.0 Å². The predicted molar refractivity (Wildman–Crippen MR) is 71.2 cm³/mol. The van der Waals surface area contributed by atoms with E-state index in [-0.39, 0.29) is 0 Å². The van der Waals surface area contributed by atoms with Crippen molar-refractivity contribution >= 4 is 0 Å². The van der Waals surface area contributed by atoms with Gasteiger partial charge in [-0.15, -0.1) is 0 Å². The summed E-state index contributed by atoms with van der Waals surface area (Å²) in [7, 11) is 0. The fourth-order valence-electron chi connectivity index (χ4n) is 2.98. The van der Waals surface area contributed by atoms with Crippen molar-refractivity contribution in [3.8, 4) is 0 Å². The fraction of sp³-hybridized carbons (Fsp3) is 0.857. The lowest BCUT2D eigenvalue weighted by Crippen LogP contribution is -2.37. The molecule has 3 rings (SSSR count). The van der Waals surface area contributed by atoms with Gasteiger partial charge in [-0.25, -0.2) is 0 Å². The Hall–Kier alpha value is -0.940. The second kappa shape index (κ2) is 5.59. The number of rotatable bonds is 3. The van der Waals surface area contributed by atoms with Gasteiger partial charge in [0, 0.05) is 24.5 Å². The van der Waals surface area contributed by atoms with Gasteiger partial charge in [0.15, 0.2) is 5.82 Å². The van der Waals surface area contributed by atoms with Crippen molar-refractivity contribution in [1.29, 1.82) is 0 Å². The molecule has 1 aromatic heterocycles. The first-order valence-electron chi connectivity index (χ1n) is 7.39. The summed E-state index contributed by atoms with van der Waals surface area (Å²) in [6, 6.07) is 0.634. The Labute approximate surface area is 114 Å². The summed E-state index contributed by atoms with van der Waals surface area (Å²) in [6.45, 7) is 8.34. The Bertz CT molecular complexity index is 405. The van der Waals surface area contributed by atoms with Crippen molar-refractivity contribution < 1.29 is 9.26 Å². The third-order valence-corrected chi connectivity index (χ3v) is 4.36. The Balaban J connectivity index is 1.61. The van der Waals surface area contributed by atoms with Gasteiger partial charge in [0.1, 0.15) is 0 Å². The number of piperidine rings is 1. The van der Waals surface area contributed by atoms with Gasteiger partial charge in [-0.2, -0.15) is 4.98 Å². The molecule has 1 unspecified atom stereocenters. The highest BCUT2D eigenvalue weighted by molar-refractivity contribution is 5.02. The third-order valence-electron chi connectivity index (χ3n) is 4.36. The quantitative estimate of drug-likeness (QED) is 0.838. The fourth-order valence-corrected chi connectivity index (χ4v) is 2.98. The molecule has 2 fully saturated rings. The van der Waals surface area contributed by atoms with Crippen LogP contribution < -0.4 is 0 Å². The second-order valence-electron chi connectivity index (χ2n) is 5.96. The normalized spacial score (nSPS) is 26.4. The van der Waals surface area contributed by atoms with E-state index in [0.717, 1.165) is 57.3 Å². The SMILES string of the molecule is CC(C)N1CCC(c2nc(C3CCOC3)no2)CC1. The van der Waals surface area contributed by atoms with E-state index in [1.54, 1.807) is 0 Å². The maximum absolute atomic E-state index is 5.48. The topological polar surface area (TPSA) is 51.4 Å². The molecular weight excluding hydrogens is 242 g/mol. The maximum Gasteiger partial charge on any atom is 0.229 e. The van der Waals surface area contributed by atoms with Crippen LogP contribution >= 0.6 is 0 Å². The molecule has 0 saturated carbocycles. The molecule has 2 saturated heterocycles. The first-order chi connectivity index (χ1) is 9.24. The largest absolute Gasteiger partial charge is 0.381 e. The van der Waals surface area contributed by atoms with Gasteiger partial charge >= 0.3 is 0 Å². The molecule has 0 N–H and O–H groups in total.